The van der Waals surface area contributed by atoms with Gasteiger partial charge in [-0.05, 0) is 30.7 Å². The second-order valence-corrected chi connectivity index (χ2v) is 7.05. The van der Waals surface area contributed by atoms with Crippen molar-refractivity contribution in [1.29, 1.82) is 0 Å². The smallest absolute Gasteiger partial charge is 0.270 e. The van der Waals surface area contributed by atoms with Crippen LogP contribution in [0.15, 0.2) is 30.5 Å². The van der Waals surface area contributed by atoms with Crippen molar-refractivity contribution in [2.45, 2.75) is 19.9 Å². The van der Waals surface area contributed by atoms with E-state index >= 15 is 0 Å². The number of carbonyl (C=O) groups excluding carboxylic acids is 1. The van der Waals surface area contributed by atoms with Crippen LogP contribution in [-0.4, -0.2) is 46.5 Å². The van der Waals surface area contributed by atoms with E-state index in [1.54, 1.807) is 0 Å². The summed E-state index contributed by atoms with van der Waals surface area (Å²) < 4.78 is 1.90. The number of piperazine rings is 1. The number of amides is 1. The lowest BCUT2D eigenvalue weighted by Gasteiger charge is -2.34. The van der Waals surface area contributed by atoms with Crippen molar-refractivity contribution in [3.8, 4) is 0 Å². The van der Waals surface area contributed by atoms with Crippen molar-refractivity contribution in [1.82, 2.24) is 14.4 Å². The van der Waals surface area contributed by atoms with E-state index < -0.39 is 0 Å². The third-order valence-electron chi connectivity index (χ3n) is 4.27. The van der Waals surface area contributed by atoms with Crippen molar-refractivity contribution in [3.63, 3.8) is 0 Å². The summed E-state index contributed by atoms with van der Waals surface area (Å²) in [5, 5.41) is 0. The first-order chi connectivity index (χ1) is 10.7. The maximum atomic E-state index is 12.5. The normalized spacial score (nSPS) is 16.2. The molecule has 5 heteroatoms. The molecule has 1 fully saturated rings. The van der Waals surface area contributed by atoms with Crippen molar-refractivity contribution >= 4 is 17.2 Å². The maximum absolute atomic E-state index is 12.5. The van der Waals surface area contributed by atoms with Crippen molar-refractivity contribution < 1.29 is 4.79 Å². The standard InChI is InChI=1S/C17H23N3OS/c1-3-14-6-7-15(22-14)13-19-9-11-20(12-10-19)17(21)16-5-4-8-18(16)2/h4-8H,3,9-13H2,1-2H3. The van der Waals surface area contributed by atoms with Gasteiger partial charge < -0.3 is 9.47 Å². The Bertz CT molecular complexity index is 638. The molecule has 118 valence electrons. The van der Waals surface area contributed by atoms with E-state index in [0.717, 1.165) is 44.8 Å². The fourth-order valence-electron chi connectivity index (χ4n) is 2.87. The minimum absolute atomic E-state index is 0.150. The zero-order valence-corrected chi connectivity index (χ0v) is 14.1. The molecule has 22 heavy (non-hydrogen) atoms. The summed E-state index contributed by atoms with van der Waals surface area (Å²) in [6, 6.07) is 8.29. The summed E-state index contributed by atoms with van der Waals surface area (Å²) >= 11 is 1.91. The first kappa shape index (κ1) is 15.3. The number of thiophene rings is 1. The van der Waals surface area contributed by atoms with E-state index in [1.165, 1.54) is 9.75 Å². The molecular weight excluding hydrogens is 294 g/mol. The van der Waals surface area contributed by atoms with Gasteiger partial charge in [0.05, 0.1) is 0 Å². The Kier molecular flexibility index (Phi) is 4.64. The van der Waals surface area contributed by atoms with Crippen molar-refractivity contribution in [2.75, 3.05) is 26.2 Å². The Morgan fingerprint density at radius 2 is 1.86 bits per heavy atom. The van der Waals surface area contributed by atoms with Crippen LogP contribution in [0.4, 0.5) is 0 Å². The number of hydrogen-bond donors (Lipinski definition) is 0. The highest BCUT2D eigenvalue weighted by Gasteiger charge is 2.23. The third-order valence-corrected chi connectivity index (χ3v) is 5.48. The number of hydrogen-bond acceptors (Lipinski definition) is 3. The summed E-state index contributed by atoms with van der Waals surface area (Å²) in [6.45, 7) is 6.75. The molecule has 0 atom stereocenters. The highest BCUT2D eigenvalue weighted by atomic mass is 32.1. The summed E-state index contributed by atoms with van der Waals surface area (Å²) in [5.74, 6) is 0.150. The molecule has 3 heterocycles. The average Bonchev–Trinajstić information content (AvgIpc) is 3.16. The molecule has 1 aliphatic heterocycles. The molecule has 0 aromatic carbocycles. The second-order valence-electron chi connectivity index (χ2n) is 5.79. The summed E-state index contributed by atoms with van der Waals surface area (Å²) in [7, 11) is 1.92. The summed E-state index contributed by atoms with van der Waals surface area (Å²) in [4.78, 5) is 19.8. The largest absolute Gasteiger partial charge is 0.347 e. The Morgan fingerprint density at radius 1 is 1.14 bits per heavy atom. The molecule has 0 radical (unpaired) electrons. The second kappa shape index (κ2) is 6.67. The van der Waals surface area contributed by atoms with Crippen LogP contribution in [0.5, 0.6) is 0 Å². The number of rotatable bonds is 4. The lowest BCUT2D eigenvalue weighted by atomic mass is 10.2. The maximum Gasteiger partial charge on any atom is 0.270 e. The summed E-state index contributed by atoms with van der Waals surface area (Å²) in [5.41, 5.74) is 0.777. The SMILES string of the molecule is CCc1ccc(CN2CCN(C(=O)c3cccn3C)CC2)s1. The summed E-state index contributed by atoms with van der Waals surface area (Å²) in [6.07, 6.45) is 3.04. The zero-order chi connectivity index (χ0) is 15.5. The number of carbonyl (C=O) groups is 1. The van der Waals surface area contributed by atoms with Gasteiger partial charge >= 0.3 is 0 Å². The van der Waals surface area contributed by atoms with Gasteiger partial charge in [0.25, 0.3) is 5.91 Å². The van der Waals surface area contributed by atoms with Gasteiger partial charge in [-0.3, -0.25) is 9.69 Å². The van der Waals surface area contributed by atoms with Gasteiger partial charge in [-0.2, -0.15) is 0 Å². The molecule has 0 aliphatic carbocycles. The van der Waals surface area contributed by atoms with Gasteiger partial charge in [-0.1, -0.05) is 6.92 Å². The van der Waals surface area contributed by atoms with Gasteiger partial charge in [0.2, 0.25) is 0 Å². The topological polar surface area (TPSA) is 28.5 Å². The van der Waals surface area contributed by atoms with Crippen LogP contribution in [0.1, 0.15) is 27.2 Å². The molecule has 0 N–H and O–H groups in total. The van der Waals surface area contributed by atoms with Crippen LogP contribution >= 0.6 is 11.3 Å². The Morgan fingerprint density at radius 3 is 2.45 bits per heavy atom. The number of aryl methyl sites for hydroxylation is 2. The van der Waals surface area contributed by atoms with Crippen LogP contribution in [-0.2, 0) is 20.0 Å². The van der Waals surface area contributed by atoms with Crippen molar-refractivity contribution in [2.24, 2.45) is 7.05 Å². The molecule has 1 amide bonds. The molecule has 0 bridgehead atoms. The predicted octanol–water partition coefficient (Wildman–Crippen LogP) is 2.61. The highest BCUT2D eigenvalue weighted by Crippen LogP contribution is 2.19. The van der Waals surface area contributed by atoms with E-state index in [9.17, 15) is 4.79 Å². The van der Waals surface area contributed by atoms with Gasteiger partial charge in [0, 0.05) is 55.7 Å². The molecule has 0 saturated carbocycles. The van der Waals surface area contributed by atoms with E-state index in [2.05, 4.69) is 24.0 Å². The Balaban J connectivity index is 1.54. The van der Waals surface area contributed by atoms with E-state index in [-0.39, 0.29) is 5.91 Å². The highest BCUT2D eigenvalue weighted by molar-refractivity contribution is 7.11. The van der Waals surface area contributed by atoms with Gasteiger partial charge in [0.1, 0.15) is 5.69 Å². The number of nitrogens with zero attached hydrogens (tertiary/aromatic N) is 3. The third kappa shape index (κ3) is 3.25. The Labute approximate surface area is 136 Å². The van der Waals surface area contributed by atoms with Crippen LogP contribution in [0, 0.1) is 0 Å². The Hall–Kier alpha value is -1.59. The first-order valence-electron chi connectivity index (χ1n) is 7.88. The molecule has 2 aromatic rings. The molecule has 2 aromatic heterocycles. The zero-order valence-electron chi connectivity index (χ0n) is 13.3. The number of aromatic nitrogens is 1. The van der Waals surface area contributed by atoms with E-state index in [0.29, 0.717) is 0 Å². The predicted molar refractivity (Wildman–Crippen MR) is 90.3 cm³/mol. The molecule has 3 rings (SSSR count). The van der Waals surface area contributed by atoms with Crippen LogP contribution in [0.3, 0.4) is 0 Å². The molecule has 1 saturated heterocycles. The lowest BCUT2D eigenvalue weighted by molar-refractivity contribution is 0.0620. The quantitative estimate of drug-likeness (QED) is 0.867. The van der Waals surface area contributed by atoms with Gasteiger partial charge in [-0.25, -0.2) is 0 Å². The minimum Gasteiger partial charge on any atom is -0.347 e. The van der Waals surface area contributed by atoms with E-state index in [1.807, 2.05) is 46.2 Å². The monoisotopic (exact) mass is 317 g/mol. The van der Waals surface area contributed by atoms with Crippen LogP contribution < -0.4 is 0 Å². The fraction of sp³-hybridized carbons (Fsp3) is 0.471. The average molecular weight is 317 g/mol. The van der Waals surface area contributed by atoms with Crippen LogP contribution in [0.2, 0.25) is 0 Å². The molecule has 1 aliphatic rings. The van der Waals surface area contributed by atoms with Gasteiger partial charge in [0.15, 0.2) is 0 Å². The van der Waals surface area contributed by atoms with Crippen LogP contribution in [0.25, 0.3) is 0 Å². The van der Waals surface area contributed by atoms with Crippen molar-refractivity contribution in [3.05, 3.63) is 45.9 Å². The van der Waals surface area contributed by atoms with E-state index in [4.69, 9.17) is 0 Å². The lowest BCUT2D eigenvalue weighted by Crippen LogP contribution is -2.48. The molecular formula is C17H23N3OS. The molecule has 4 nitrogen and oxygen atoms in total. The minimum atomic E-state index is 0.150. The molecule has 0 unspecified atom stereocenters. The first-order valence-corrected chi connectivity index (χ1v) is 8.69. The molecule has 0 spiro atoms. The fourth-order valence-corrected chi connectivity index (χ4v) is 3.87. The van der Waals surface area contributed by atoms with Gasteiger partial charge in [-0.15, -0.1) is 11.3 Å².